The van der Waals surface area contributed by atoms with Crippen LogP contribution in [0.25, 0.3) is 0 Å². The number of hydrogen-bond acceptors (Lipinski definition) is 11. The van der Waals surface area contributed by atoms with Crippen LogP contribution in [0, 0.1) is 0 Å². The molecule has 2 atom stereocenters. The SMILES string of the molecule is CC(C)(C)OC(=O)CO/N=C(\C(=O)NC1C(=O)N2C(C(=O)O)=C(C[n+]3ccccc3)CS[C@H]12)c1nc(NC=O)sc1Cl. The number of thiazole rings is 1. The van der Waals surface area contributed by atoms with Gasteiger partial charge in [0.15, 0.2) is 29.8 Å². The van der Waals surface area contributed by atoms with E-state index >= 15 is 0 Å². The maximum Gasteiger partial charge on any atom is 0.352 e. The summed E-state index contributed by atoms with van der Waals surface area (Å²) in [6.45, 7) is 4.63. The van der Waals surface area contributed by atoms with Gasteiger partial charge in [-0.3, -0.25) is 19.3 Å². The first-order chi connectivity index (χ1) is 19.9. The second-order valence-electron chi connectivity index (χ2n) is 9.87. The highest BCUT2D eigenvalue weighted by Gasteiger charge is 2.55. The number of hydrogen-bond donors (Lipinski definition) is 3. The molecule has 0 aliphatic carbocycles. The third-order valence-corrected chi connectivity index (χ3v) is 8.18. The number of anilines is 1. The van der Waals surface area contributed by atoms with E-state index in [1.54, 1.807) is 37.7 Å². The molecular formula is C25H26ClN6O8S2+. The molecule has 2 aliphatic rings. The number of pyridine rings is 1. The lowest BCUT2D eigenvalue weighted by molar-refractivity contribution is -0.689. The van der Waals surface area contributed by atoms with Gasteiger partial charge < -0.3 is 25.3 Å². The largest absolute Gasteiger partial charge is 0.477 e. The third-order valence-electron chi connectivity index (χ3n) is 5.65. The normalized spacial score (nSPS) is 18.5. The molecule has 1 saturated heterocycles. The van der Waals surface area contributed by atoms with Gasteiger partial charge >= 0.3 is 11.9 Å². The molecule has 2 aliphatic heterocycles. The van der Waals surface area contributed by atoms with Gasteiger partial charge in [0, 0.05) is 23.5 Å². The van der Waals surface area contributed by atoms with E-state index in [9.17, 15) is 29.1 Å². The summed E-state index contributed by atoms with van der Waals surface area (Å²) in [4.78, 5) is 71.9. The quantitative estimate of drug-likeness (QED) is 0.0808. The number of halogens is 1. The van der Waals surface area contributed by atoms with Gasteiger partial charge in [-0.1, -0.05) is 34.2 Å². The summed E-state index contributed by atoms with van der Waals surface area (Å²) in [6.07, 6.45) is 3.94. The number of nitrogens with zero attached hydrogens (tertiary/aromatic N) is 4. The van der Waals surface area contributed by atoms with E-state index in [4.69, 9.17) is 21.2 Å². The Morgan fingerprint density at radius 2 is 2.00 bits per heavy atom. The first kappa shape index (κ1) is 30.9. The number of carboxylic acids is 1. The average molecular weight is 638 g/mol. The van der Waals surface area contributed by atoms with Crippen LogP contribution in [-0.4, -0.2) is 80.2 Å². The number of β-lactam (4-membered cyclic amide) rings is 1. The molecule has 3 N–H and O–H groups in total. The van der Waals surface area contributed by atoms with Crippen molar-refractivity contribution in [1.82, 2.24) is 15.2 Å². The summed E-state index contributed by atoms with van der Waals surface area (Å²) in [7, 11) is 0. The smallest absolute Gasteiger partial charge is 0.352 e. The lowest BCUT2D eigenvalue weighted by atomic mass is 10.0. The second-order valence-corrected chi connectivity index (χ2v) is 12.6. The van der Waals surface area contributed by atoms with Crippen LogP contribution >= 0.6 is 34.7 Å². The Labute approximate surface area is 252 Å². The minimum Gasteiger partial charge on any atom is -0.477 e. The topological polar surface area (TPSA) is 180 Å². The Morgan fingerprint density at radius 1 is 1.29 bits per heavy atom. The van der Waals surface area contributed by atoms with Crippen molar-refractivity contribution in [2.45, 2.75) is 44.3 Å². The van der Waals surface area contributed by atoms with E-state index in [2.05, 4.69) is 20.8 Å². The number of aromatic nitrogens is 2. The lowest BCUT2D eigenvalue weighted by Crippen LogP contribution is -2.71. The van der Waals surface area contributed by atoms with Gasteiger partial charge in [-0.25, -0.2) is 19.1 Å². The zero-order chi connectivity index (χ0) is 30.6. The van der Waals surface area contributed by atoms with Crippen molar-refractivity contribution >= 4 is 75.7 Å². The number of nitrogens with one attached hydrogen (secondary N) is 2. The van der Waals surface area contributed by atoms with Gasteiger partial charge in [-0.05, 0) is 20.8 Å². The van der Waals surface area contributed by atoms with Crippen molar-refractivity contribution in [3.05, 3.63) is 51.9 Å². The zero-order valence-corrected chi connectivity index (χ0v) is 24.9. The second kappa shape index (κ2) is 12.9. The molecule has 14 nitrogen and oxygen atoms in total. The molecule has 3 amide bonds. The van der Waals surface area contributed by atoms with Gasteiger partial charge in [0.25, 0.3) is 11.8 Å². The number of esters is 1. The number of aliphatic carboxylic acids is 1. The molecular weight excluding hydrogens is 612 g/mol. The van der Waals surface area contributed by atoms with Crippen molar-refractivity contribution in [3.8, 4) is 0 Å². The molecule has 4 heterocycles. The van der Waals surface area contributed by atoms with Gasteiger partial charge in [0.05, 0.1) is 0 Å². The molecule has 1 fully saturated rings. The molecule has 222 valence electrons. The fourth-order valence-corrected chi connectivity index (χ4v) is 6.39. The molecule has 0 spiro atoms. The average Bonchev–Trinajstić information content (AvgIpc) is 3.28. The number of amides is 3. The number of fused-ring (bicyclic) bond motifs is 1. The maximum absolute atomic E-state index is 13.4. The molecule has 4 rings (SSSR count). The molecule has 1 unspecified atom stereocenters. The number of carbonyl (C=O) groups excluding carboxylic acids is 4. The fraction of sp³-hybridized carbons (Fsp3) is 0.360. The summed E-state index contributed by atoms with van der Waals surface area (Å²) >= 11 is 8.39. The highest BCUT2D eigenvalue weighted by molar-refractivity contribution is 8.00. The third kappa shape index (κ3) is 7.06. The van der Waals surface area contributed by atoms with Gasteiger partial charge in [0.1, 0.15) is 32.7 Å². The molecule has 0 aromatic carbocycles. The minimum absolute atomic E-state index is 0.0260. The van der Waals surface area contributed by atoms with Crippen LogP contribution < -0.4 is 15.2 Å². The Hall–Kier alpha value is -4.02. The highest BCUT2D eigenvalue weighted by atomic mass is 35.5. The summed E-state index contributed by atoms with van der Waals surface area (Å²) in [5, 5.41) is 17.9. The van der Waals surface area contributed by atoms with Crippen LogP contribution in [-0.2, 0) is 40.1 Å². The van der Waals surface area contributed by atoms with Crippen LogP contribution in [0.2, 0.25) is 4.34 Å². The van der Waals surface area contributed by atoms with Crippen LogP contribution in [0.15, 0.2) is 47.0 Å². The number of oxime groups is 1. The van der Waals surface area contributed by atoms with E-state index < -0.39 is 53.1 Å². The van der Waals surface area contributed by atoms with Crippen LogP contribution in [0.4, 0.5) is 5.13 Å². The number of ether oxygens (including phenoxy) is 1. The van der Waals surface area contributed by atoms with E-state index in [-0.39, 0.29) is 27.4 Å². The number of thioether (sulfide) groups is 1. The van der Waals surface area contributed by atoms with Crippen LogP contribution in [0.1, 0.15) is 26.5 Å². The van der Waals surface area contributed by atoms with Crippen molar-refractivity contribution in [2.24, 2.45) is 5.16 Å². The predicted octanol–water partition coefficient (Wildman–Crippen LogP) is 1.15. The molecule has 17 heteroatoms. The molecule has 0 bridgehead atoms. The van der Waals surface area contributed by atoms with Gasteiger partial charge in [0.2, 0.25) is 13.0 Å². The first-order valence-electron chi connectivity index (χ1n) is 12.3. The van der Waals surface area contributed by atoms with E-state index in [1.165, 1.54) is 11.8 Å². The van der Waals surface area contributed by atoms with E-state index in [0.717, 1.165) is 16.2 Å². The van der Waals surface area contributed by atoms with E-state index in [1.807, 2.05) is 18.2 Å². The maximum atomic E-state index is 13.4. The zero-order valence-electron chi connectivity index (χ0n) is 22.5. The minimum atomic E-state index is -1.26. The first-order valence-corrected chi connectivity index (χ1v) is 14.6. The van der Waals surface area contributed by atoms with Crippen LogP contribution in [0.3, 0.4) is 0 Å². The van der Waals surface area contributed by atoms with Gasteiger partial charge in [-0.15, -0.1) is 11.8 Å². The fourth-order valence-electron chi connectivity index (χ4n) is 4.05. The summed E-state index contributed by atoms with van der Waals surface area (Å²) in [6, 6.07) is 4.36. The van der Waals surface area contributed by atoms with Crippen molar-refractivity contribution in [1.29, 1.82) is 0 Å². The van der Waals surface area contributed by atoms with Crippen molar-refractivity contribution < 1.29 is 43.2 Å². The Bertz CT molecular complexity index is 1470. The molecule has 2 aromatic rings. The van der Waals surface area contributed by atoms with Gasteiger partial charge in [-0.2, -0.15) is 0 Å². The predicted molar refractivity (Wildman–Crippen MR) is 151 cm³/mol. The monoisotopic (exact) mass is 637 g/mol. The molecule has 42 heavy (non-hydrogen) atoms. The lowest BCUT2D eigenvalue weighted by Gasteiger charge is -2.49. The number of carboxylic acid groups (broad SMARTS) is 1. The van der Waals surface area contributed by atoms with E-state index in [0.29, 0.717) is 17.7 Å². The summed E-state index contributed by atoms with van der Waals surface area (Å²) in [5.41, 5.74) is -1.01. The van der Waals surface area contributed by atoms with Crippen molar-refractivity contribution in [2.75, 3.05) is 17.7 Å². The Morgan fingerprint density at radius 3 is 2.64 bits per heavy atom. The Balaban J connectivity index is 1.54. The highest BCUT2D eigenvalue weighted by Crippen LogP contribution is 2.40. The molecule has 0 saturated carbocycles. The van der Waals surface area contributed by atoms with Crippen molar-refractivity contribution in [3.63, 3.8) is 0 Å². The molecule has 2 aromatic heterocycles. The Kier molecular flexibility index (Phi) is 9.48. The standard InChI is InChI=1S/C25H25ClN6O8S2/c1-25(2,3)40-14(34)10-39-30-16(15-19(26)42-24(29-15)27-12-33)20(35)28-17-21(36)32-18(23(37)38)13(11-41-22(17)32)9-31-7-5-4-6-8-31/h4-8,12,17,22H,9-11H2,1-3H3,(H2-,27,28,29,33,35,37,38)/p+1/b30-16-/t17?,22-/m1/s1. The summed E-state index contributed by atoms with van der Waals surface area (Å²) < 4.78 is 6.93. The molecule has 0 radical (unpaired) electrons. The number of rotatable bonds is 11. The number of carbonyl (C=O) groups is 5. The van der Waals surface area contributed by atoms with Crippen LogP contribution in [0.5, 0.6) is 0 Å². The summed E-state index contributed by atoms with van der Waals surface area (Å²) in [5.74, 6) is -3.25.